The van der Waals surface area contributed by atoms with Crippen LogP contribution in [-0.4, -0.2) is 51.5 Å². The molecule has 0 aromatic heterocycles. The Morgan fingerprint density at radius 2 is 1.92 bits per heavy atom. The quantitative estimate of drug-likeness (QED) is 0.550. The predicted molar refractivity (Wildman–Crippen MR) is 88.4 cm³/mol. The maximum atomic E-state index is 13.5. The maximum Gasteiger partial charge on any atom is 0.211 e. The van der Waals surface area contributed by atoms with Crippen LogP contribution in [0.3, 0.4) is 0 Å². The molecule has 8 rings (SSSR count). The second kappa shape index (κ2) is 4.13. The monoisotopic (exact) mass is 362 g/mol. The van der Waals surface area contributed by atoms with Gasteiger partial charge in [0.05, 0.1) is 12.2 Å². The summed E-state index contributed by atoms with van der Waals surface area (Å²) in [6.07, 6.45) is -0.195. The summed E-state index contributed by atoms with van der Waals surface area (Å²) in [6, 6.07) is 0. The fraction of sp³-hybridized carbons (Fsp3) is 0.850. The summed E-state index contributed by atoms with van der Waals surface area (Å²) in [6.45, 7) is 8.16. The van der Waals surface area contributed by atoms with Crippen molar-refractivity contribution >= 4 is 5.78 Å². The third-order valence-corrected chi connectivity index (χ3v) is 9.04. The van der Waals surface area contributed by atoms with Crippen molar-refractivity contribution < 1.29 is 29.6 Å². The molecule has 0 radical (unpaired) electrons. The third kappa shape index (κ3) is 1.21. The molecule has 8 fully saturated rings. The van der Waals surface area contributed by atoms with Crippen molar-refractivity contribution in [1.29, 1.82) is 0 Å². The summed E-state index contributed by atoms with van der Waals surface area (Å²) in [5.41, 5.74) is -1.95. The second-order valence-corrected chi connectivity index (χ2v) is 10.2. The first-order valence-electron chi connectivity index (χ1n) is 9.79. The molecule has 4 aliphatic heterocycles. The lowest BCUT2D eigenvalue weighted by Crippen LogP contribution is -2.91. The van der Waals surface area contributed by atoms with Crippen LogP contribution in [0.15, 0.2) is 12.2 Å². The molecule has 142 valence electrons. The van der Waals surface area contributed by atoms with Gasteiger partial charge in [0.15, 0.2) is 12.1 Å². The van der Waals surface area contributed by atoms with Gasteiger partial charge in [-0.2, -0.15) is 0 Å². The topological polar surface area (TPSA) is 96.2 Å². The highest BCUT2D eigenvalue weighted by Gasteiger charge is 2.92. The molecule has 26 heavy (non-hydrogen) atoms. The Hall–Kier alpha value is -0.790. The SMILES string of the molecule is C=C1C(=O)[C@@]23[C@H]4O[C@H]5O[C@]2(O)[C@@H](O)[C@@H]2C(C)(C)CCC[C@]52[C@@H]3[C@@H](O)C[C@H]14. The zero-order valence-electron chi connectivity index (χ0n) is 15.1. The first-order valence-corrected chi connectivity index (χ1v) is 9.79. The number of ether oxygens (including phenoxy) is 2. The van der Waals surface area contributed by atoms with E-state index in [1.54, 1.807) is 0 Å². The molecule has 4 saturated carbocycles. The number of carbonyl (C=O) groups is 1. The minimum Gasteiger partial charge on any atom is -0.393 e. The highest BCUT2D eigenvalue weighted by atomic mass is 16.8. The lowest BCUT2D eigenvalue weighted by atomic mass is 9.34. The van der Waals surface area contributed by atoms with Crippen molar-refractivity contribution in [2.24, 2.45) is 34.0 Å². The van der Waals surface area contributed by atoms with Crippen LogP contribution in [0.4, 0.5) is 0 Å². The van der Waals surface area contributed by atoms with Crippen molar-refractivity contribution in [3.63, 3.8) is 0 Å². The fourth-order valence-corrected chi connectivity index (χ4v) is 8.49. The standard InChI is InChI=1S/C20H26O6/c1-8-9-7-10(21)11-18-6-4-5-17(2,3)12(18)14(23)20(24)19(11,13(8)22)15(9)25-16(18)26-20/h9-12,14-16,21,23-24H,1,4-7H2,2-3H3/t9-,10+,11+,12-,14+,15+,16+,18-,19+,20-/m1/s1. The molecule has 6 heteroatoms. The first-order chi connectivity index (χ1) is 12.1. The van der Waals surface area contributed by atoms with E-state index in [0.717, 1.165) is 19.3 Å². The van der Waals surface area contributed by atoms with Crippen LogP contribution in [0, 0.1) is 34.0 Å². The van der Waals surface area contributed by atoms with Gasteiger partial charge in [-0.15, -0.1) is 0 Å². The van der Waals surface area contributed by atoms with Crippen molar-refractivity contribution in [3.8, 4) is 0 Å². The molecule has 8 aliphatic rings. The minimum absolute atomic E-state index is 0.249. The van der Waals surface area contributed by atoms with E-state index in [9.17, 15) is 20.1 Å². The van der Waals surface area contributed by atoms with Crippen LogP contribution >= 0.6 is 0 Å². The lowest BCUT2D eigenvalue weighted by molar-refractivity contribution is -0.554. The minimum atomic E-state index is -2.03. The molecule has 6 nitrogen and oxygen atoms in total. The number of carbonyl (C=O) groups excluding carboxylic acids is 1. The van der Waals surface area contributed by atoms with E-state index in [4.69, 9.17) is 9.47 Å². The molecule has 7 bridgehead atoms. The largest absolute Gasteiger partial charge is 0.393 e. The van der Waals surface area contributed by atoms with Gasteiger partial charge in [0, 0.05) is 23.2 Å². The van der Waals surface area contributed by atoms with E-state index < -0.39 is 47.1 Å². The molecule has 10 atom stereocenters. The molecule has 4 saturated heterocycles. The van der Waals surface area contributed by atoms with Crippen molar-refractivity contribution in [1.82, 2.24) is 0 Å². The van der Waals surface area contributed by atoms with Crippen LogP contribution in [-0.2, 0) is 14.3 Å². The molecule has 3 N–H and O–H groups in total. The molecular weight excluding hydrogens is 336 g/mol. The number of hydrogen-bond donors (Lipinski definition) is 3. The van der Waals surface area contributed by atoms with Gasteiger partial charge < -0.3 is 24.8 Å². The summed E-state index contributed by atoms with van der Waals surface area (Å²) >= 11 is 0. The Morgan fingerprint density at radius 3 is 2.65 bits per heavy atom. The van der Waals surface area contributed by atoms with Gasteiger partial charge >= 0.3 is 0 Å². The van der Waals surface area contributed by atoms with Gasteiger partial charge in [-0.25, -0.2) is 0 Å². The molecule has 0 aromatic rings. The van der Waals surface area contributed by atoms with E-state index in [1.165, 1.54) is 0 Å². The van der Waals surface area contributed by atoms with Crippen LogP contribution < -0.4 is 0 Å². The van der Waals surface area contributed by atoms with E-state index >= 15 is 0 Å². The summed E-state index contributed by atoms with van der Waals surface area (Å²) in [4.78, 5) is 13.5. The highest BCUT2D eigenvalue weighted by Crippen LogP contribution is 2.81. The molecular formula is C20H26O6. The van der Waals surface area contributed by atoms with Crippen LogP contribution in [0.1, 0.15) is 39.5 Å². The van der Waals surface area contributed by atoms with Crippen molar-refractivity contribution in [3.05, 3.63) is 12.2 Å². The Balaban J connectivity index is 1.70. The lowest BCUT2D eigenvalue weighted by Gasteiger charge is -2.79. The normalized spacial score (nSPS) is 64.0. The van der Waals surface area contributed by atoms with Crippen LogP contribution in [0.2, 0.25) is 0 Å². The molecule has 0 aromatic carbocycles. The number of hydrogen-bond acceptors (Lipinski definition) is 6. The van der Waals surface area contributed by atoms with Crippen molar-refractivity contribution in [2.75, 3.05) is 0 Å². The number of rotatable bonds is 0. The first kappa shape index (κ1) is 16.2. The van der Waals surface area contributed by atoms with E-state index in [0.29, 0.717) is 12.0 Å². The van der Waals surface area contributed by atoms with Gasteiger partial charge in [-0.1, -0.05) is 26.8 Å². The van der Waals surface area contributed by atoms with Crippen molar-refractivity contribution in [2.45, 2.75) is 69.9 Å². The van der Waals surface area contributed by atoms with Gasteiger partial charge in [0.1, 0.15) is 11.5 Å². The molecule has 0 amide bonds. The Bertz CT molecular complexity index is 761. The molecule has 2 spiro atoms. The summed E-state index contributed by atoms with van der Waals surface area (Å²) in [5.74, 6) is -3.38. The number of Topliss-reactive ketones (excluding diaryl/α,β-unsaturated/α-hetero) is 1. The Kier molecular flexibility index (Phi) is 2.57. The van der Waals surface area contributed by atoms with Gasteiger partial charge in [-0.05, 0) is 30.3 Å². The zero-order valence-corrected chi connectivity index (χ0v) is 15.1. The zero-order chi connectivity index (χ0) is 18.4. The van der Waals surface area contributed by atoms with E-state index in [2.05, 4.69) is 20.4 Å². The molecule has 0 unspecified atom stereocenters. The average Bonchev–Trinajstić information content (AvgIpc) is 2.70. The Labute approximate surface area is 152 Å². The van der Waals surface area contributed by atoms with Gasteiger partial charge in [-0.3, -0.25) is 4.79 Å². The number of ketones is 1. The van der Waals surface area contributed by atoms with Crippen LogP contribution in [0.25, 0.3) is 0 Å². The summed E-state index contributed by atoms with van der Waals surface area (Å²) in [5, 5.41) is 34.3. The van der Waals surface area contributed by atoms with Gasteiger partial charge in [0.2, 0.25) is 5.79 Å². The summed E-state index contributed by atoms with van der Waals surface area (Å²) in [7, 11) is 0. The molecule has 4 aliphatic carbocycles. The average molecular weight is 362 g/mol. The highest BCUT2D eigenvalue weighted by molar-refractivity contribution is 6.05. The smallest absolute Gasteiger partial charge is 0.211 e. The third-order valence-electron chi connectivity index (χ3n) is 9.04. The number of aliphatic hydroxyl groups is 3. The number of aliphatic hydroxyl groups excluding tert-OH is 2. The fourth-order valence-electron chi connectivity index (χ4n) is 8.49. The molecule has 4 heterocycles. The van der Waals surface area contributed by atoms with E-state index in [1.807, 2.05) is 0 Å². The Morgan fingerprint density at radius 1 is 1.19 bits per heavy atom. The second-order valence-electron chi connectivity index (χ2n) is 10.2. The maximum absolute atomic E-state index is 13.5. The van der Waals surface area contributed by atoms with E-state index in [-0.39, 0.29) is 23.0 Å². The van der Waals surface area contributed by atoms with Gasteiger partial charge in [0.25, 0.3) is 0 Å². The summed E-state index contributed by atoms with van der Waals surface area (Å²) < 4.78 is 12.3. The van der Waals surface area contributed by atoms with Crippen LogP contribution in [0.5, 0.6) is 0 Å². The predicted octanol–water partition coefficient (Wildman–Crippen LogP) is 0.740.